The Morgan fingerprint density at radius 3 is 2.88 bits per heavy atom. The highest BCUT2D eigenvalue weighted by atomic mass is 32.2. The van der Waals surface area contributed by atoms with E-state index in [1.165, 1.54) is 0 Å². The summed E-state index contributed by atoms with van der Waals surface area (Å²) in [6.07, 6.45) is 1.54. The lowest BCUT2D eigenvalue weighted by atomic mass is 10.1. The van der Waals surface area contributed by atoms with Gasteiger partial charge in [0, 0.05) is 26.8 Å². The smallest absolute Gasteiger partial charge is 0.214 e. The monoisotopic (exact) mass is 250 g/mol. The van der Waals surface area contributed by atoms with Crippen LogP contribution in [0.2, 0.25) is 0 Å². The van der Waals surface area contributed by atoms with E-state index in [1.807, 2.05) is 7.05 Å². The van der Waals surface area contributed by atoms with Crippen LogP contribution in [-0.2, 0) is 14.8 Å². The number of hydrogen-bond donors (Lipinski definition) is 1. The van der Waals surface area contributed by atoms with Crippen molar-refractivity contribution >= 4 is 10.0 Å². The van der Waals surface area contributed by atoms with E-state index in [4.69, 9.17) is 4.74 Å². The molecule has 1 unspecified atom stereocenters. The molecule has 0 aromatic heterocycles. The van der Waals surface area contributed by atoms with Crippen molar-refractivity contribution in [3.05, 3.63) is 0 Å². The first-order valence-corrected chi connectivity index (χ1v) is 7.32. The number of ether oxygens (including phenoxy) is 1. The highest BCUT2D eigenvalue weighted by molar-refractivity contribution is 7.89. The minimum atomic E-state index is -3.06. The molecule has 0 aromatic carbocycles. The van der Waals surface area contributed by atoms with E-state index in [-0.39, 0.29) is 5.75 Å². The third-order valence-electron chi connectivity index (χ3n) is 2.89. The molecule has 0 aromatic rings. The zero-order chi connectivity index (χ0) is 12.0. The van der Waals surface area contributed by atoms with Crippen LogP contribution in [0.25, 0.3) is 0 Å². The molecule has 1 rings (SSSR count). The molecule has 5 nitrogen and oxygen atoms in total. The van der Waals surface area contributed by atoms with Gasteiger partial charge in [0.1, 0.15) is 0 Å². The third kappa shape index (κ3) is 4.01. The summed E-state index contributed by atoms with van der Waals surface area (Å²) < 4.78 is 30.3. The fourth-order valence-corrected chi connectivity index (χ4v) is 3.58. The van der Waals surface area contributed by atoms with Crippen LogP contribution < -0.4 is 5.32 Å². The van der Waals surface area contributed by atoms with Gasteiger partial charge in [0.05, 0.1) is 5.75 Å². The minimum absolute atomic E-state index is 0.202. The lowest BCUT2D eigenvalue weighted by Gasteiger charge is -2.16. The van der Waals surface area contributed by atoms with Gasteiger partial charge < -0.3 is 10.1 Å². The Hall–Kier alpha value is -0.170. The molecule has 1 aliphatic heterocycles. The van der Waals surface area contributed by atoms with Crippen molar-refractivity contribution < 1.29 is 13.2 Å². The predicted octanol–water partition coefficient (Wildman–Crippen LogP) is -0.106. The van der Waals surface area contributed by atoms with Crippen molar-refractivity contribution in [1.82, 2.24) is 9.62 Å². The summed E-state index contributed by atoms with van der Waals surface area (Å²) in [5.74, 6) is 0.662. The Bertz CT molecular complexity index is 292. The first-order valence-electron chi connectivity index (χ1n) is 5.71. The Balaban J connectivity index is 2.39. The first-order chi connectivity index (χ1) is 7.60. The molecule has 96 valence electrons. The second-order valence-electron chi connectivity index (χ2n) is 4.23. The fourth-order valence-electron chi connectivity index (χ4n) is 2.02. The quantitative estimate of drug-likeness (QED) is 0.641. The van der Waals surface area contributed by atoms with E-state index < -0.39 is 10.0 Å². The van der Waals surface area contributed by atoms with Gasteiger partial charge in [0.25, 0.3) is 0 Å². The Morgan fingerprint density at radius 1 is 1.50 bits per heavy atom. The van der Waals surface area contributed by atoms with Crippen molar-refractivity contribution in [3.63, 3.8) is 0 Å². The first kappa shape index (κ1) is 13.9. The number of rotatable bonds is 7. The largest absolute Gasteiger partial charge is 0.385 e. The summed E-state index contributed by atoms with van der Waals surface area (Å²) in [7, 11) is 0.429. The van der Waals surface area contributed by atoms with Crippen LogP contribution in [0, 0.1) is 5.92 Å². The van der Waals surface area contributed by atoms with Crippen LogP contribution >= 0.6 is 0 Å². The van der Waals surface area contributed by atoms with Crippen LogP contribution in [0.3, 0.4) is 0 Å². The lowest BCUT2D eigenvalue weighted by Crippen LogP contribution is -2.32. The maximum absolute atomic E-state index is 11.9. The van der Waals surface area contributed by atoms with Crippen LogP contribution in [0.4, 0.5) is 0 Å². The third-order valence-corrected chi connectivity index (χ3v) is 4.81. The maximum atomic E-state index is 11.9. The molecule has 1 atom stereocenters. The molecule has 0 bridgehead atoms. The molecule has 1 aliphatic rings. The average molecular weight is 250 g/mol. The normalized spacial score (nSPS) is 22.8. The summed E-state index contributed by atoms with van der Waals surface area (Å²) in [5, 5.41) is 3.09. The van der Waals surface area contributed by atoms with Crippen LogP contribution in [0.1, 0.15) is 12.8 Å². The summed E-state index contributed by atoms with van der Waals surface area (Å²) in [6.45, 7) is 2.73. The fraction of sp³-hybridized carbons (Fsp3) is 1.00. The molecule has 6 heteroatoms. The van der Waals surface area contributed by atoms with E-state index in [2.05, 4.69) is 5.32 Å². The molecular weight excluding hydrogens is 228 g/mol. The Morgan fingerprint density at radius 2 is 2.25 bits per heavy atom. The van der Waals surface area contributed by atoms with Crippen molar-refractivity contribution in [1.29, 1.82) is 0 Å². The van der Waals surface area contributed by atoms with Gasteiger partial charge in [0.2, 0.25) is 10.0 Å². The van der Waals surface area contributed by atoms with Crippen LogP contribution in [0.5, 0.6) is 0 Å². The second-order valence-corrected chi connectivity index (χ2v) is 6.32. The second kappa shape index (κ2) is 6.54. The van der Waals surface area contributed by atoms with Gasteiger partial charge in [-0.3, -0.25) is 0 Å². The Labute approximate surface area is 98.2 Å². The van der Waals surface area contributed by atoms with Gasteiger partial charge >= 0.3 is 0 Å². The molecular formula is C10H22N2O3S. The maximum Gasteiger partial charge on any atom is 0.214 e. The van der Waals surface area contributed by atoms with Gasteiger partial charge in [-0.15, -0.1) is 0 Å². The molecule has 0 spiro atoms. The molecule has 1 fully saturated rings. The number of nitrogens with zero attached hydrogens (tertiary/aromatic N) is 1. The zero-order valence-electron chi connectivity index (χ0n) is 10.1. The summed E-state index contributed by atoms with van der Waals surface area (Å²) in [5.41, 5.74) is 0. The highest BCUT2D eigenvalue weighted by Gasteiger charge is 2.30. The number of nitrogens with one attached hydrogen (secondary N) is 1. The SMILES string of the molecule is CNCC1CCN(S(=O)(=O)CCCOC)C1. The van der Waals surface area contributed by atoms with Gasteiger partial charge in [-0.1, -0.05) is 0 Å². The van der Waals surface area contributed by atoms with Crippen molar-refractivity contribution in [2.45, 2.75) is 12.8 Å². The summed E-state index contributed by atoms with van der Waals surface area (Å²) >= 11 is 0. The number of sulfonamides is 1. The lowest BCUT2D eigenvalue weighted by molar-refractivity contribution is 0.199. The summed E-state index contributed by atoms with van der Waals surface area (Å²) in [4.78, 5) is 0. The van der Waals surface area contributed by atoms with Crippen molar-refractivity contribution in [2.75, 3.05) is 46.2 Å². The minimum Gasteiger partial charge on any atom is -0.385 e. The zero-order valence-corrected chi connectivity index (χ0v) is 10.9. The summed E-state index contributed by atoms with van der Waals surface area (Å²) in [6, 6.07) is 0. The Kier molecular flexibility index (Phi) is 5.68. The number of methoxy groups -OCH3 is 1. The molecule has 0 radical (unpaired) electrons. The van der Waals surface area contributed by atoms with E-state index in [0.717, 1.165) is 13.0 Å². The van der Waals surface area contributed by atoms with Gasteiger partial charge in [-0.05, 0) is 32.4 Å². The molecule has 0 amide bonds. The number of hydrogen-bond acceptors (Lipinski definition) is 4. The molecule has 0 saturated carbocycles. The van der Waals surface area contributed by atoms with E-state index in [0.29, 0.717) is 32.0 Å². The van der Waals surface area contributed by atoms with Gasteiger partial charge in [-0.25, -0.2) is 12.7 Å². The topological polar surface area (TPSA) is 58.6 Å². The van der Waals surface area contributed by atoms with E-state index in [9.17, 15) is 8.42 Å². The standard InChI is InChI=1S/C10H22N2O3S/c1-11-8-10-4-5-12(9-10)16(13,14)7-3-6-15-2/h10-11H,3-9H2,1-2H3. The molecule has 0 aliphatic carbocycles. The highest BCUT2D eigenvalue weighted by Crippen LogP contribution is 2.19. The molecule has 1 N–H and O–H groups in total. The molecule has 16 heavy (non-hydrogen) atoms. The van der Waals surface area contributed by atoms with E-state index in [1.54, 1.807) is 11.4 Å². The van der Waals surface area contributed by atoms with E-state index >= 15 is 0 Å². The van der Waals surface area contributed by atoms with Crippen LogP contribution in [0.15, 0.2) is 0 Å². The van der Waals surface area contributed by atoms with Crippen molar-refractivity contribution in [2.24, 2.45) is 5.92 Å². The predicted molar refractivity (Wildman–Crippen MR) is 63.9 cm³/mol. The van der Waals surface area contributed by atoms with Crippen LogP contribution in [-0.4, -0.2) is 58.9 Å². The van der Waals surface area contributed by atoms with Crippen molar-refractivity contribution in [3.8, 4) is 0 Å². The average Bonchev–Trinajstić information content (AvgIpc) is 2.68. The molecule has 1 saturated heterocycles. The van der Waals surface area contributed by atoms with Gasteiger partial charge in [-0.2, -0.15) is 0 Å². The molecule has 1 heterocycles. The van der Waals surface area contributed by atoms with Gasteiger partial charge in [0.15, 0.2) is 0 Å².